The summed E-state index contributed by atoms with van der Waals surface area (Å²) >= 11 is 0. The lowest BCUT2D eigenvalue weighted by Crippen LogP contribution is -2.20. The fourth-order valence-corrected chi connectivity index (χ4v) is 2.15. The van der Waals surface area contributed by atoms with Gasteiger partial charge in [-0.3, -0.25) is 4.79 Å². The van der Waals surface area contributed by atoms with E-state index in [0.717, 1.165) is 0 Å². The lowest BCUT2D eigenvalue weighted by molar-refractivity contribution is -0.140. The molecule has 0 bridgehead atoms. The zero-order chi connectivity index (χ0) is 14.2. The Morgan fingerprint density at radius 1 is 1.16 bits per heavy atom. The monoisotopic (exact) mass is 266 g/mol. The summed E-state index contributed by atoms with van der Waals surface area (Å²) in [5, 5.41) is 18.4. The molecule has 0 spiro atoms. The summed E-state index contributed by atoms with van der Waals surface area (Å²) in [6.07, 6.45) is 0.994. The maximum atomic E-state index is 11.3. The molecule has 0 atom stereocenters. The number of aromatic carboxylic acids is 1. The van der Waals surface area contributed by atoms with E-state index in [1.165, 1.54) is 26.4 Å². The number of carboxylic acid groups (broad SMARTS) is 2. The van der Waals surface area contributed by atoms with Crippen LogP contribution in [0, 0.1) is 0 Å². The highest BCUT2D eigenvalue weighted by Gasteiger charge is 2.52. The third kappa shape index (κ3) is 1.99. The van der Waals surface area contributed by atoms with Crippen LogP contribution >= 0.6 is 0 Å². The van der Waals surface area contributed by atoms with Gasteiger partial charge in [-0.05, 0) is 30.5 Å². The van der Waals surface area contributed by atoms with E-state index in [9.17, 15) is 19.8 Å². The van der Waals surface area contributed by atoms with E-state index in [2.05, 4.69) is 0 Å². The predicted molar refractivity (Wildman–Crippen MR) is 65.1 cm³/mol. The Kier molecular flexibility index (Phi) is 3.09. The number of methoxy groups -OCH3 is 2. The van der Waals surface area contributed by atoms with Crippen molar-refractivity contribution in [2.24, 2.45) is 0 Å². The van der Waals surface area contributed by atoms with E-state index in [1.54, 1.807) is 0 Å². The SMILES string of the molecule is COc1cc(C2(C(=O)O)CC2)cc(C(=O)O)c1OC. The van der Waals surface area contributed by atoms with E-state index in [0.29, 0.717) is 18.4 Å². The minimum atomic E-state index is -1.18. The third-order valence-corrected chi connectivity index (χ3v) is 3.42. The normalized spacial score (nSPS) is 15.7. The summed E-state index contributed by atoms with van der Waals surface area (Å²) in [6, 6.07) is 2.89. The quantitative estimate of drug-likeness (QED) is 0.839. The molecular weight excluding hydrogens is 252 g/mol. The summed E-state index contributed by atoms with van der Waals surface area (Å²) in [6.45, 7) is 0. The van der Waals surface area contributed by atoms with Crippen LogP contribution in [0.5, 0.6) is 11.5 Å². The first kappa shape index (κ1) is 13.2. The molecule has 0 unspecified atom stereocenters. The van der Waals surface area contributed by atoms with Gasteiger partial charge in [-0.25, -0.2) is 4.79 Å². The van der Waals surface area contributed by atoms with Gasteiger partial charge in [0, 0.05) is 0 Å². The summed E-state index contributed by atoms with van der Waals surface area (Å²) in [4.78, 5) is 22.5. The van der Waals surface area contributed by atoms with E-state index in [-0.39, 0.29) is 17.1 Å². The van der Waals surface area contributed by atoms with Gasteiger partial charge in [-0.1, -0.05) is 0 Å². The van der Waals surface area contributed by atoms with Crippen molar-refractivity contribution in [2.45, 2.75) is 18.3 Å². The Morgan fingerprint density at radius 2 is 1.79 bits per heavy atom. The standard InChI is InChI=1S/C13H14O6/c1-18-9-6-7(13(3-4-13)12(16)17)5-8(11(14)15)10(9)19-2/h5-6H,3-4H2,1-2H3,(H,14,15)(H,16,17). The van der Waals surface area contributed by atoms with Crippen LogP contribution in [0.3, 0.4) is 0 Å². The minimum absolute atomic E-state index is 0.0932. The van der Waals surface area contributed by atoms with Crippen molar-refractivity contribution >= 4 is 11.9 Å². The molecular formula is C13H14O6. The molecule has 0 aromatic heterocycles. The molecule has 1 aromatic rings. The van der Waals surface area contributed by atoms with Gasteiger partial charge in [-0.2, -0.15) is 0 Å². The average molecular weight is 266 g/mol. The Morgan fingerprint density at radius 3 is 2.16 bits per heavy atom. The van der Waals surface area contributed by atoms with Gasteiger partial charge in [0.15, 0.2) is 11.5 Å². The van der Waals surface area contributed by atoms with Gasteiger partial charge < -0.3 is 19.7 Å². The molecule has 0 saturated heterocycles. The molecule has 6 nitrogen and oxygen atoms in total. The molecule has 1 aromatic carbocycles. The fourth-order valence-electron chi connectivity index (χ4n) is 2.15. The van der Waals surface area contributed by atoms with E-state index < -0.39 is 17.4 Å². The summed E-state index contributed by atoms with van der Waals surface area (Å²) in [5.41, 5.74) is -0.636. The molecule has 0 aliphatic heterocycles. The Balaban J connectivity index is 2.62. The zero-order valence-corrected chi connectivity index (χ0v) is 10.6. The smallest absolute Gasteiger partial charge is 0.339 e. The van der Waals surface area contributed by atoms with Crippen LogP contribution in [-0.2, 0) is 10.2 Å². The zero-order valence-electron chi connectivity index (χ0n) is 10.6. The van der Waals surface area contributed by atoms with Crippen LogP contribution in [-0.4, -0.2) is 36.4 Å². The fraction of sp³-hybridized carbons (Fsp3) is 0.385. The molecule has 2 rings (SSSR count). The highest BCUT2D eigenvalue weighted by atomic mass is 16.5. The van der Waals surface area contributed by atoms with E-state index in [4.69, 9.17) is 9.47 Å². The number of hydrogen-bond donors (Lipinski definition) is 2. The molecule has 1 aliphatic carbocycles. The van der Waals surface area contributed by atoms with Crippen molar-refractivity contribution in [1.29, 1.82) is 0 Å². The first-order chi connectivity index (χ1) is 8.96. The predicted octanol–water partition coefficient (Wildman–Crippen LogP) is 1.52. The highest BCUT2D eigenvalue weighted by Crippen LogP contribution is 2.50. The number of carbonyl (C=O) groups is 2. The number of rotatable bonds is 5. The van der Waals surface area contributed by atoms with Crippen LogP contribution in [0.2, 0.25) is 0 Å². The second kappa shape index (κ2) is 4.46. The Hall–Kier alpha value is -2.24. The summed E-state index contributed by atoms with van der Waals surface area (Å²) in [5.74, 6) is -1.81. The van der Waals surface area contributed by atoms with Crippen molar-refractivity contribution in [1.82, 2.24) is 0 Å². The molecule has 1 saturated carbocycles. The van der Waals surface area contributed by atoms with Gasteiger partial charge in [0.25, 0.3) is 0 Å². The molecule has 6 heteroatoms. The van der Waals surface area contributed by atoms with Crippen LogP contribution < -0.4 is 9.47 Å². The van der Waals surface area contributed by atoms with Gasteiger partial charge in [0.2, 0.25) is 0 Å². The van der Waals surface area contributed by atoms with E-state index >= 15 is 0 Å². The topological polar surface area (TPSA) is 93.1 Å². The maximum absolute atomic E-state index is 11.3. The lowest BCUT2D eigenvalue weighted by atomic mass is 9.93. The average Bonchev–Trinajstić information content (AvgIpc) is 3.18. The van der Waals surface area contributed by atoms with Crippen molar-refractivity contribution in [2.75, 3.05) is 14.2 Å². The van der Waals surface area contributed by atoms with Crippen molar-refractivity contribution in [3.63, 3.8) is 0 Å². The van der Waals surface area contributed by atoms with Gasteiger partial charge >= 0.3 is 11.9 Å². The molecule has 102 valence electrons. The number of hydrogen-bond acceptors (Lipinski definition) is 4. The largest absolute Gasteiger partial charge is 0.493 e. The highest BCUT2D eigenvalue weighted by molar-refractivity contribution is 5.94. The molecule has 19 heavy (non-hydrogen) atoms. The Bertz CT molecular complexity index is 544. The Labute approximate surface area is 109 Å². The second-order valence-corrected chi connectivity index (χ2v) is 4.45. The molecule has 1 aliphatic rings. The summed E-state index contributed by atoms with van der Waals surface area (Å²) < 4.78 is 10.1. The summed E-state index contributed by atoms with van der Waals surface area (Å²) in [7, 11) is 2.72. The number of benzene rings is 1. The second-order valence-electron chi connectivity index (χ2n) is 4.45. The van der Waals surface area contributed by atoms with Gasteiger partial charge in [0.1, 0.15) is 5.56 Å². The van der Waals surface area contributed by atoms with Crippen LogP contribution in [0.4, 0.5) is 0 Å². The van der Waals surface area contributed by atoms with Crippen LogP contribution in [0.15, 0.2) is 12.1 Å². The van der Waals surface area contributed by atoms with Crippen LogP contribution in [0.1, 0.15) is 28.8 Å². The third-order valence-electron chi connectivity index (χ3n) is 3.42. The minimum Gasteiger partial charge on any atom is -0.493 e. The van der Waals surface area contributed by atoms with Gasteiger partial charge in [-0.15, -0.1) is 0 Å². The first-order valence-electron chi connectivity index (χ1n) is 5.69. The molecule has 1 fully saturated rings. The maximum Gasteiger partial charge on any atom is 0.339 e. The van der Waals surface area contributed by atoms with Crippen molar-refractivity contribution < 1.29 is 29.3 Å². The van der Waals surface area contributed by atoms with Crippen molar-refractivity contribution in [3.05, 3.63) is 23.3 Å². The lowest BCUT2D eigenvalue weighted by Gasteiger charge is -2.16. The molecule has 0 heterocycles. The van der Waals surface area contributed by atoms with E-state index in [1.807, 2.05) is 0 Å². The number of aliphatic carboxylic acids is 1. The van der Waals surface area contributed by atoms with Crippen molar-refractivity contribution in [3.8, 4) is 11.5 Å². The number of ether oxygens (including phenoxy) is 2. The number of carboxylic acids is 2. The molecule has 0 amide bonds. The molecule has 2 N–H and O–H groups in total. The van der Waals surface area contributed by atoms with Gasteiger partial charge in [0.05, 0.1) is 19.6 Å². The van der Waals surface area contributed by atoms with Crippen LogP contribution in [0.25, 0.3) is 0 Å². The first-order valence-corrected chi connectivity index (χ1v) is 5.69. The molecule has 0 radical (unpaired) electrons.